The van der Waals surface area contributed by atoms with Crippen LogP contribution in [0.4, 0.5) is 0 Å². The van der Waals surface area contributed by atoms with E-state index in [2.05, 4.69) is 16.1 Å². The lowest BCUT2D eigenvalue weighted by molar-refractivity contribution is -0.118. The van der Waals surface area contributed by atoms with Gasteiger partial charge in [0, 0.05) is 0 Å². The van der Waals surface area contributed by atoms with Gasteiger partial charge in [-0.3, -0.25) is 4.79 Å². The molecular formula is C18H13N3O2. The van der Waals surface area contributed by atoms with Crippen molar-refractivity contribution in [2.75, 3.05) is 7.11 Å². The van der Waals surface area contributed by atoms with Crippen LogP contribution < -0.4 is 4.74 Å². The highest BCUT2D eigenvalue weighted by Gasteiger charge is 2.27. The van der Waals surface area contributed by atoms with Crippen molar-refractivity contribution in [2.45, 2.75) is 0 Å². The number of ether oxygens (including phenoxy) is 1. The molecule has 1 aromatic rings. The second-order valence-electron chi connectivity index (χ2n) is 4.98. The normalized spacial score (nSPS) is 19.6. The number of hydrogen-bond donors (Lipinski definition) is 0. The molecule has 0 bridgehead atoms. The molecule has 1 aliphatic carbocycles. The van der Waals surface area contributed by atoms with E-state index in [0.717, 1.165) is 5.56 Å². The molecule has 112 valence electrons. The van der Waals surface area contributed by atoms with Crippen LogP contribution in [-0.4, -0.2) is 24.6 Å². The van der Waals surface area contributed by atoms with E-state index < -0.39 is 5.92 Å². The number of amides is 1. The molecule has 23 heavy (non-hydrogen) atoms. The highest BCUT2D eigenvalue weighted by molar-refractivity contribution is 6.26. The molecule has 2 aliphatic rings. The van der Waals surface area contributed by atoms with Crippen LogP contribution >= 0.6 is 0 Å². The van der Waals surface area contributed by atoms with Crippen LogP contribution in [0.1, 0.15) is 5.56 Å². The lowest BCUT2D eigenvalue weighted by Gasteiger charge is -2.17. The van der Waals surface area contributed by atoms with Gasteiger partial charge < -0.3 is 4.74 Å². The minimum atomic E-state index is -0.444. The topological polar surface area (TPSA) is 74.8 Å². The van der Waals surface area contributed by atoms with Crippen molar-refractivity contribution < 1.29 is 9.53 Å². The minimum absolute atomic E-state index is 0.145. The molecule has 0 N–H and O–H groups in total. The number of fused-ring (bicyclic) bond motifs is 1. The summed E-state index contributed by atoms with van der Waals surface area (Å²) in [6, 6.07) is 9.33. The van der Waals surface area contributed by atoms with Crippen LogP contribution in [0.2, 0.25) is 0 Å². The molecule has 1 amide bonds. The average Bonchev–Trinajstić information content (AvgIpc) is 2.60. The summed E-state index contributed by atoms with van der Waals surface area (Å²) >= 11 is 0. The van der Waals surface area contributed by atoms with E-state index in [1.54, 1.807) is 37.5 Å². The zero-order chi connectivity index (χ0) is 16.2. The molecule has 1 aromatic carbocycles. The molecule has 3 rings (SSSR count). The predicted molar refractivity (Wildman–Crippen MR) is 88.2 cm³/mol. The molecule has 1 aliphatic heterocycles. The van der Waals surface area contributed by atoms with Gasteiger partial charge in [-0.1, -0.05) is 30.4 Å². The SMILES string of the molecule is COc1cccc(/C=C(\C#N)C2=NC(=O)C3C=CC=CC3=N2)c1. The van der Waals surface area contributed by atoms with Gasteiger partial charge in [0.05, 0.1) is 18.4 Å². The molecule has 5 nitrogen and oxygen atoms in total. The zero-order valence-electron chi connectivity index (χ0n) is 12.4. The number of nitriles is 1. The van der Waals surface area contributed by atoms with Crippen LogP contribution in [0.15, 0.2) is 64.1 Å². The Labute approximate surface area is 133 Å². The summed E-state index contributed by atoms with van der Waals surface area (Å²) in [5.41, 5.74) is 1.62. The molecule has 0 saturated carbocycles. The van der Waals surface area contributed by atoms with E-state index >= 15 is 0 Å². The molecule has 1 atom stereocenters. The number of carbonyl (C=O) groups excluding carboxylic acids is 1. The first-order valence-corrected chi connectivity index (χ1v) is 7.03. The second kappa shape index (κ2) is 6.24. The fraction of sp³-hybridized carbons (Fsp3) is 0.111. The van der Waals surface area contributed by atoms with Crippen LogP contribution in [0.3, 0.4) is 0 Å². The predicted octanol–water partition coefficient (Wildman–Crippen LogP) is 2.72. The Hall–Kier alpha value is -3.26. The van der Waals surface area contributed by atoms with Crippen LogP contribution in [0.25, 0.3) is 6.08 Å². The number of carbonyl (C=O) groups is 1. The van der Waals surface area contributed by atoms with Crippen molar-refractivity contribution in [3.63, 3.8) is 0 Å². The Morgan fingerprint density at radius 1 is 1.35 bits per heavy atom. The molecule has 0 radical (unpaired) electrons. The largest absolute Gasteiger partial charge is 0.497 e. The smallest absolute Gasteiger partial charge is 0.260 e. The summed E-state index contributed by atoms with van der Waals surface area (Å²) < 4.78 is 5.16. The fourth-order valence-electron chi connectivity index (χ4n) is 2.33. The standard InChI is InChI=1S/C18H13N3O2/c1-23-14-6-4-5-12(10-14)9-13(11-19)17-20-16-8-3-2-7-15(16)18(22)21-17/h2-10,15H,1H3/b13-9+. The molecular weight excluding hydrogens is 290 g/mol. The quantitative estimate of drug-likeness (QED) is 0.806. The van der Waals surface area contributed by atoms with Crippen molar-refractivity contribution in [1.29, 1.82) is 5.26 Å². The van der Waals surface area contributed by atoms with Crippen molar-refractivity contribution in [1.82, 2.24) is 0 Å². The molecule has 0 spiro atoms. The lowest BCUT2D eigenvalue weighted by atomic mass is 9.96. The summed E-state index contributed by atoms with van der Waals surface area (Å²) in [6.07, 6.45) is 8.75. The number of nitrogens with zero attached hydrogens (tertiary/aromatic N) is 3. The maximum absolute atomic E-state index is 12.1. The molecule has 1 heterocycles. The number of hydrogen-bond acceptors (Lipinski definition) is 4. The summed E-state index contributed by atoms with van der Waals surface area (Å²) in [5, 5.41) is 9.41. The summed E-state index contributed by atoms with van der Waals surface area (Å²) in [6.45, 7) is 0. The first kappa shape index (κ1) is 14.7. The lowest BCUT2D eigenvalue weighted by Crippen LogP contribution is -2.27. The first-order valence-electron chi connectivity index (χ1n) is 7.03. The number of methoxy groups -OCH3 is 1. The maximum atomic E-state index is 12.1. The Morgan fingerprint density at radius 2 is 2.22 bits per heavy atom. The monoisotopic (exact) mass is 303 g/mol. The van der Waals surface area contributed by atoms with Gasteiger partial charge in [-0.25, -0.2) is 4.99 Å². The van der Waals surface area contributed by atoms with Gasteiger partial charge in [0.25, 0.3) is 5.91 Å². The van der Waals surface area contributed by atoms with Gasteiger partial charge in [-0.05, 0) is 29.8 Å². The third-order valence-electron chi connectivity index (χ3n) is 3.48. The molecule has 0 fully saturated rings. The summed E-state index contributed by atoms with van der Waals surface area (Å²) in [5.74, 6) is 0.0776. The van der Waals surface area contributed by atoms with Gasteiger partial charge in [-0.2, -0.15) is 10.3 Å². The Balaban J connectivity index is 1.98. The fourth-order valence-corrected chi connectivity index (χ4v) is 2.33. The number of rotatable bonds is 3. The van der Waals surface area contributed by atoms with E-state index in [4.69, 9.17) is 4.74 Å². The van der Waals surface area contributed by atoms with E-state index in [9.17, 15) is 10.1 Å². The third-order valence-corrected chi connectivity index (χ3v) is 3.48. The van der Waals surface area contributed by atoms with Crippen LogP contribution in [0, 0.1) is 17.2 Å². The highest BCUT2D eigenvalue weighted by atomic mass is 16.5. The maximum Gasteiger partial charge on any atom is 0.260 e. The van der Waals surface area contributed by atoms with Crippen molar-refractivity contribution in [3.05, 3.63) is 59.7 Å². The number of amidine groups is 1. The second-order valence-corrected chi connectivity index (χ2v) is 4.98. The number of allylic oxidation sites excluding steroid dienone is 3. The van der Waals surface area contributed by atoms with Gasteiger partial charge in [0.15, 0.2) is 5.84 Å². The molecule has 0 aromatic heterocycles. The van der Waals surface area contributed by atoms with Crippen LogP contribution in [0.5, 0.6) is 5.75 Å². The zero-order valence-corrected chi connectivity index (χ0v) is 12.4. The van der Waals surface area contributed by atoms with Gasteiger partial charge >= 0.3 is 0 Å². The van der Waals surface area contributed by atoms with Crippen molar-refractivity contribution in [2.24, 2.45) is 15.9 Å². The van der Waals surface area contributed by atoms with E-state index in [1.807, 2.05) is 24.3 Å². The van der Waals surface area contributed by atoms with Gasteiger partial charge in [-0.15, -0.1) is 0 Å². The highest BCUT2D eigenvalue weighted by Crippen LogP contribution is 2.20. The van der Waals surface area contributed by atoms with Crippen molar-refractivity contribution >= 4 is 23.5 Å². The molecule has 0 saturated heterocycles. The number of benzene rings is 1. The van der Waals surface area contributed by atoms with Gasteiger partial charge in [0.1, 0.15) is 17.7 Å². The minimum Gasteiger partial charge on any atom is -0.497 e. The molecule has 5 heteroatoms. The Kier molecular flexibility index (Phi) is 3.98. The summed E-state index contributed by atoms with van der Waals surface area (Å²) in [7, 11) is 1.58. The van der Waals surface area contributed by atoms with Crippen LogP contribution in [-0.2, 0) is 4.79 Å². The first-order chi connectivity index (χ1) is 11.2. The van der Waals surface area contributed by atoms with E-state index in [0.29, 0.717) is 11.5 Å². The molecule has 1 unspecified atom stereocenters. The Morgan fingerprint density at radius 3 is 3.00 bits per heavy atom. The van der Waals surface area contributed by atoms with E-state index in [1.165, 1.54) is 0 Å². The van der Waals surface area contributed by atoms with Crippen molar-refractivity contribution in [3.8, 4) is 11.8 Å². The number of aliphatic imine (C=N–C) groups is 2. The summed E-state index contributed by atoms with van der Waals surface area (Å²) in [4.78, 5) is 20.4. The van der Waals surface area contributed by atoms with Gasteiger partial charge in [0.2, 0.25) is 0 Å². The average molecular weight is 303 g/mol. The van der Waals surface area contributed by atoms with E-state index in [-0.39, 0.29) is 17.3 Å². The third kappa shape index (κ3) is 3.01. The Bertz CT molecular complexity index is 851.